The van der Waals surface area contributed by atoms with Gasteiger partial charge in [0.2, 0.25) is 5.91 Å². The number of alkyl carbamates (subject to hydrolysis) is 1. The molecular weight excluding hydrogens is 314 g/mol. The molecular formula is C16H29N3O5. The number of hydrogen-bond donors (Lipinski definition) is 2. The number of hydrazine groups is 1. The summed E-state index contributed by atoms with van der Waals surface area (Å²) in [5, 5.41) is 4.17. The Morgan fingerprint density at radius 3 is 2.17 bits per heavy atom. The van der Waals surface area contributed by atoms with Gasteiger partial charge in [-0.3, -0.25) is 10.2 Å². The molecule has 1 heterocycles. The quantitative estimate of drug-likeness (QED) is 0.745. The number of nitrogens with one attached hydrogen (secondary N) is 2. The van der Waals surface area contributed by atoms with Crippen molar-refractivity contribution < 1.29 is 23.9 Å². The van der Waals surface area contributed by atoms with E-state index in [-0.39, 0.29) is 12.3 Å². The maximum atomic E-state index is 12.4. The van der Waals surface area contributed by atoms with Crippen molar-refractivity contribution in [2.45, 2.75) is 65.2 Å². The fourth-order valence-electron chi connectivity index (χ4n) is 2.24. The van der Waals surface area contributed by atoms with Gasteiger partial charge in [-0.15, -0.1) is 0 Å². The summed E-state index contributed by atoms with van der Waals surface area (Å²) in [6.07, 6.45) is -0.574. The summed E-state index contributed by atoms with van der Waals surface area (Å²) in [4.78, 5) is 36.3. The molecule has 1 rings (SSSR count). The van der Waals surface area contributed by atoms with Crippen molar-refractivity contribution >= 4 is 18.0 Å². The van der Waals surface area contributed by atoms with E-state index in [1.54, 1.807) is 53.6 Å². The Balaban J connectivity index is 2.81. The second kappa shape index (κ2) is 7.38. The average molecular weight is 343 g/mol. The minimum atomic E-state index is -0.957. The Bertz CT molecular complexity index is 493. The van der Waals surface area contributed by atoms with E-state index in [1.165, 1.54) is 0 Å². The van der Waals surface area contributed by atoms with E-state index >= 15 is 0 Å². The first kappa shape index (κ1) is 20.2. The monoisotopic (exact) mass is 343 g/mol. The standard InChI is InChI=1S/C16H29N3O5/c1-15(2,3)23-13(21)11(17-14(22)24-16(4,5)6)8-10-9-19(7)18-12(10)20/h10-11H,8-9H2,1-7H3,(H,17,22)(H,18,20)/t10?,11-/m0/s1. The molecule has 0 saturated carbocycles. The number of nitrogens with zero attached hydrogens (tertiary/aromatic N) is 1. The molecule has 1 unspecified atom stereocenters. The van der Waals surface area contributed by atoms with E-state index < -0.39 is 35.2 Å². The first-order chi connectivity index (χ1) is 10.8. The molecule has 8 heteroatoms. The van der Waals surface area contributed by atoms with E-state index in [1.807, 2.05) is 0 Å². The van der Waals surface area contributed by atoms with Gasteiger partial charge in [0.05, 0.1) is 5.92 Å². The summed E-state index contributed by atoms with van der Waals surface area (Å²) < 4.78 is 10.5. The SMILES string of the molecule is CN1CC(C[C@H](NC(=O)OC(C)(C)C)C(=O)OC(C)(C)C)C(=O)N1. The van der Waals surface area contributed by atoms with Crippen LogP contribution in [-0.2, 0) is 19.1 Å². The Labute approximate surface area is 143 Å². The van der Waals surface area contributed by atoms with Gasteiger partial charge in [0.15, 0.2) is 0 Å². The van der Waals surface area contributed by atoms with Crippen molar-refractivity contribution in [2.75, 3.05) is 13.6 Å². The highest BCUT2D eigenvalue weighted by Gasteiger charge is 2.36. The third-order valence-corrected chi connectivity index (χ3v) is 3.07. The highest BCUT2D eigenvalue weighted by atomic mass is 16.6. The van der Waals surface area contributed by atoms with Gasteiger partial charge in [-0.25, -0.2) is 14.6 Å². The zero-order valence-corrected chi connectivity index (χ0v) is 15.6. The van der Waals surface area contributed by atoms with E-state index in [0.717, 1.165) is 0 Å². The summed E-state index contributed by atoms with van der Waals surface area (Å²) in [5.74, 6) is -1.18. The van der Waals surface area contributed by atoms with Gasteiger partial charge in [0.25, 0.3) is 0 Å². The predicted molar refractivity (Wildman–Crippen MR) is 87.9 cm³/mol. The van der Waals surface area contributed by atoms with Gasteiger partial charge >= 0.3 is 12.1 Å². The van der Waals surface area contributed by atoms with Gasteiger partial charge in [-0.2, -0.15) is 0 Å². The molecule has 0 spiro atoms. The second-order valence-corrected chi connectivity index (χ2v) is 8.02. The third kappa shape index (κ3) is 7.16. The number of hydrogen-bond acceptors (Lipinski definition) is 6. The lowest BCUT2D eigenvalue weighted by atomic mass is 10.00. The number of esters is 1. The van der Waals surface area contributed by atoms with Crippen LogP contribution in [0, 0.1) is 5.92 Å². The summed E-state index contributed by atoms with van der Waals surface area (Å²) >= 11 is 0. The molecule has 0 bridgehead atoms. The number of carbonyl (C=O) groups excluding carboxylic acids is 3. The van der Waals surface area contributed by atoms with Crippen LogP contribution in [-0.4, -0.2) is 53.8 Å². The minimum absolute atomic E-state index is 0.143. The number of amides is 2. The van der Waals surface area contributed by atoms with Crippen molar-refractivity contribution in [3.63, 3.8) is 0 Å². The normalized spacial score (nSPS) is 20.3. The van der Waals surface area contributed by atoms with E-state index in [4.69, 9.17) is 9.47 Å². The molecule has 0 radical (unpaired) electrons. The second-order valence-electron chi connectivity index (χ2n) is 8.02. The molecule has 1 fully saturated rings. The largest absolute Gasteiger partial charge is 0.458 e. The molecule has 24 heavy (non-hydrogen) atoms. The summed E-state index contributed by atoms with van der Waals surface area (Å²) in [6.45, 7) is 10.9. The van der Waals surface area contributed by atoms with Crippen LogP contribution in [0.25, 0.3) is 0 Å². The molecule has 1 saturated heterocycles. The first-order valence-corrected chi connectivity index (χ1v) is 8.01. The van der Waals surface area contributed by atoms with Crippen LogP contribution < -0.4 is 10.7 Å². The highest BCUT2D eigenvalue weighted by Crippen LogP contribution is 2.17. The molecule has 2 atom stereocenters. The Hall–Kier alpha value is -1.83. The maximum Gasteiger partial charge on any atom is 0.408 e. The van der Waals surface area contributed by atoms with Gasteiger partial charge in [0.1, 0.15) is 17.2 Å². The molecule has 0 aliphatic carbocycles. The highest BCUT2D eigenvalue weighted by molar-refractivity contribution is 5.84. The lowest BCUT2D eigenvalue weighted by Gasteiger charge is -2.27. The molecule has 2 N–H and O–H groups in total. The zero-order valence-electron chi connectivity index (χ0n) is 15.6. The predicted octanol–water partition coefficient (Wildman–Crippen LogP) is 1.20. The van der Waals surface area contributed by atoms with E-state index in [0.29, 0.717) is 6.54 Å². The van der Waals surface area contributed by atoms with E-state index in [2.05, 4.69) is 10.7 Å². The van der Waals surface area contributed by atoms with Crippen molar-refractivity contribution in [3.8, 4) is 0 Å². The van der Waals surface area contributed by atoms with Gasteiger partial charge in [-0.05, 0) is 48.0 Å². The molecule has 138 valence electrons. The van der Waals surface area contributed by atoms with Gasteiger partial charge in [0, 0.05) is 13.6 Å². The Kier molecular flexibility index (Phi) is 6.21. The molecule has 0 aromatic rings. The topological polar surface area (TPSA) is 97.0 Å². The van der Waals surface area contributed by atoms with Crippen LogP contribution in [0.5, 0.6) is 0 Å². The Morgan fingerprint density at radius 2 is 1.75 bits per heavy atom. The summed E-state index contributed by atoms with van der Waals surface area (Å²) in [7, 11) is 1.74. The lowest BCUT2D eigenvalue weighted by Crippen LogP contribution is -2.47. The van der Waals surface area contributed by atoms with Gasteiger partial charge in [-0.1, -0.05) is 0 Å². The fraction of sp³-hybridized carbons (Fsp3) is 0.812. The Morgan fingerprint density at radius 1 is 1.21 bits per heavy atom. The zero-order chi connectivity index (χ0) is 18.7. The van der Waals surface area contributed by atoms with Crippen molar-refractivity contribution in [1.29, 1.82) is 0 Å². The van der Waals surface area contributed by atoms with E-state index in [9.17, 15) is 14.4 Å². The number of rotatable bonds is 4. The van der Waals surface area contributed by atoms with Gasteiger partial charge < -0.3 is 14.8 Å². The minimum Gasteiger partial charge on any atom is -0.458 e. The molecule has 0 aromatic heterocycles. The van der Waals surface area contributed by atoms with Crippen molar-refractivity contribution in [3.05, 3.63) is 0 Å². The summed E-state index contributed by atoms with van der Waals surface area (Å²) in [5.41, 5.74) is 1.27. The fourth-order valence-corrected chi connectivity index (χ4v) is 2.24. The average Bonchev–Trinajstić information content (AvgIpc) is 2.62. The molecule has 0 aromatic carbocycles. The molecule has 2 amide bonds. The smallest absolute Gasteiger partial charge is 0.408 e. The van der Waals surface area contributed by atoms with Crippen molar-refractivity contribution in [1.82, 2.24) is 15.8 Å². The number of carbonyl (C=O) groups is 3. The van der Waals surface area contributed by atoms with Crippen LogP contribution in [0.3, 0.4) is 0 Å². The van der Waals surface area contributed by atoms with Crippen LogP contribution in [0.2, 0.25) is 0 Å². The third-order valence-electron chi connectivity index (χ3n) is 3.07. The lowest BCUT2D eigenvalue weighted by molar-refractivity contribution is -0.158. The van der Waals surface area contributed by atoms with Crippen molar-refractivity contribution in [2.24, 2.45) is 5.92 Å². The van der Waals surface area contributed by atoms with Crippen LogP contribution in [0.4, 0.5) is 4.79 Å². The first-order valence-electron chi connectivity index (χ1n) is 8.01. The summed E-state index contributed by atoms with van der Waals surface area (Å²) in [6, 6.07) is -0.957. The maximum absolute atomic E-state index is 12.4. The molecule has 1 aliphatic heterocycles. The molecule has 1 aliphatic rings. The van der Waals surface area contributed by atoms with Crippen LogP contribution in [0.1, 0.15) is 48.0 Å². The number of ether oxygens (including phenoxy) is 2. The van der Waals surface area contributed by atoms with Crippen LogP contribution >= 0.6 is 0 Å². The molecule has 8 nitrogen and oxygen atoms in total. The van der Waals surface area contributed by atoms with Crippen LogP contribution in [0.15, 0.2) is 0 Å².